The van der Waals surface area contributed by atoms with Gasteiger partial charge in [0.2, 0.25) is 0 Å². The van der Waals surface area contributed by atoms with Crippen molar-refractivity contribution in [2.24, 2.45) is 5.92 Å². The maximum absolute atomic E-state index is 5.99. The van der Waals surface area contributed by atoms with Crippen molar-refractivity contribution < 1.29 is 4.74 Å². The zero-order valence-corrected chi connectivity index (χ0v) is 15.9. The number of hydrogen-bond acceptors (Lipinski definition) is 3. The Morgan fingerprint density at radius 1 is 0.962 bits per heavy atom. The minimum atomic E-state index is 0.466. The summed E-state index contributed by atoms with van der Waals surface area (Å²) in [6.45, 7) is 2.75. The van der Waals surface area contributed by atoms with E-state index >= 15 is 0 Å². The third kappa shape index (κ3) is 4.94. The molecule has 0 spiro atoms. The second-order valence-electron chi connectivity index (χ2n) is 7.68. The lowest BCUT2D eigenvalue weighted by Gasteiger charge is -2.28. The second-order valence-corrected chi connectivity index (χ2v) is 7.68. The molecule has 0 aromatic heterocycles. The molecule has 2 aromatic rings. The Labute approximate surface area is 157 Å². The zero-order chi connectivity index (χ0) is 18.4. The molecule has 0 bridgehead atoms. The molecule has 0 aliphatic heterocycles. The number of ether oxygens (including phenoxy) is 1. The van der Waals surface area contributed by atoms with Crippen molar-refractivity contribution in [3.63, 3.8) is 0 Å². The van der Waals surface area contributed by atoms with E-state index < -0.39 is 0 Å². The third-order valence-corrected chi connectivity index (χ3v) is 5.73. The van der Waals surface area contributed by atoms with Crippen LogP contribution in [0.2, 0.25) is 0 Å². The van der Waals surface area contributed by atoms with E-state index in [1.165, 1.54) is 50.5 Å². The Balaban J connectivity index is 1.51. The quantitative estimate of drug-likeness (QED) is 0.610. The van der Waals surface area contributed by atoms with Crippen molar-refractivity contribution in [3.8, 4) is 5.75 Å². The molecular formula is C23H32N2O. The minimum absolute atomic E-state index is 0.466. The second kappa shape index (κ2) is 8.98. The molecule has 3 rings (SSSR count). The molecule has 0 saturated heterocycles. The first kappa shape index (κ1) is 18.6. The number of unbranched alkanes of at least 4 members (excludes halogenated alkanes) is 1. The van der Waals surface area contributed by atoms with Crippen LogP contribution in [0, 0.1) is 5.92 Å². The van der Waals surface area contributed by atoms with E-state index in [1.54, 1.807) is 6.07 Å². The van der Waals surface area contributed by atoms with Gasteiger partial charge in [-0.25, -0.2) is 0 Å². The molecule has 0 atom stereocenters. The van der Waals surface area contributed by atoms with Crippen molar-refractivity contribution in [1.29, 1.82) is 0 Å². The molecule has 3 nitrogen and oxygen atoms in total. The van der Waals surface area contributed by atoms with Crippen molar-refractivity contribution >= 4 is 11.4 Å². The van der Waals surface area contributed by atoms with Crippen molar-refractivity contribution in [3.05, 3.63) is 53.6 Å². The van der Waals surface area contributed by atoms with Gasteiger partial charge < -0.3 is 16.2 Å². The first-order valence-electron chi connectivity index (χ1n) is 10.0. The predicted molar refractivity (Wildman–Crippen MR) is 110 cm³/mol. The van der Waals surface area contributed by atoms with E-state index in [1.807, 2.05) is 12.1 Å². The van der Waals surface area contributed by atoms with E-state index in [0.717, 1.165) is 23.1 Å². The highest BCUT2D eigenvalue weighted by Crippen LogP contribution is 2.38. The minimum Gasteiger partial charge on any atom is -0.489 e. The van der Waals surface area contributed by atoms with Gasteiger partial charge in [0.05, 0.1) is 0 Å². The fraction of sp³-hybridized carbons (Fsp3) is 0.478. The fourth-order valence-electron chi connectivity index (χ4n) is 4.02. The van der Waals surface area contributed by atoms with Gasteiger partial charge in [-0.2, -0.15) is 0 Å². The van der Waals surface area contributed by atoms with Crippen molar-refractivity contribution in [2.75, 3.05) is 11.5 Å². The average molecular weight is 353 g/mol. The first-order chi connectivity index (χ1) is 12.7. The summed E-state index contributed by atoms with van der Waals surface area (Å²) in [5, 5.41) is 0. The molecule has 1 fully saturated rings. The van der Waals surface area contributed by atoms with Gasteiger partial charge in [-0.15, -0.1) is 0 Å². The molecule has 0 heterocycles. The Kier molecular flexibility index (Phi) is 6.43. The molecule has 26 heavy (non-hydrogen) atoms. The number of nitrogens with two attached hydrogens (primary N) is 2. The van der Waals surface area contributed by atoms with Gasteiger partial charge in [-0.05, 0) is 67.3 Å². The maximum Gasteiger partial charge on any atom is 0.119 e. The standard InChI is InChI=1S/C23H32N2O/c1-2-3-4-17-5-7-18(8-6-17)19-10-13-22(14-11-19)26-16-20-9-12-21(24)15-23(20)25/h9-15,17-18H,2-8,16,24-25H2,1H3. The number of anilines is 2. The van der Waals surface area contributed by atoms with Crippen molar-refractivity contribution in [2.45, 2.75) is 64.4 Å². The van der Waals surface area contributed by atoms with Crippen LogP contribution in [0.25, 0.3) is 0 Å². The molecule has 140 valence electrons. The van der Waals surface area contributed by atoms with Gasteiger partial charge in [0, 0.05) is 16.9 Å². The van der Waals surface area contributed by atoms with Crippen LogP contribution in [0.1, 0.15) is 68.9 Å². The predicted octanol–water partition coefficient (Wildman–Crippen LogP) is 5.89. The molecule has 3 heteroatoms. The van der Waals surface area contributed by atoms with Crippen LogP contribution in [0.3, 0.4) is 0 Å². The summed E-state index contributed by atoms with van der Waals surface area (Å²) < 4.78 is 5.90. The molecule has 4 N–H and O–H groups in total. The van der Waals surface area contributed by atoms with E-state index in [-0.39, 0.29) is 0 Å². The molecule has 0 amide bonds. The normalized spacial score (nSPS) is 20.0. The van der Waals surface area contributed by atoms with E-state index in [9.17, 15) is 0 Å². The molecule has 1 aliphatic carbocycles. The Morgan fingerprint density at radius 3 is 2.35 bits per heavy atom. The molecule has 2 aromatic carbocycles. The van der Waals surface area contributed by atoms with Gasteiger partial charge in [0.1, 0.15) is 12.4 Å². The Bertz CT molecular complexity index is 688. The Hall–Kier alpha value is -2.16. The smallest absolute Gasteiger partial charge is 0.119 e. The van der Waals surface area contributed by atoms with Crippen molar-refractivity contribution in [1.82, 2.24) is 0 Å². The van der Waals surface area contributed by atoms with Crippen LogP contribution in [0.15, 0.2) is 42.5 Å². The summed E-state index contributed by atoms with van der Waals surface area (Å²) >= 11 is 0. The van der Waals surface area contributed by atoms with Crippen LogP contribution in [-0.4, -0.2) is 0 Å². The van der Waals surface area contributed by atoms with Gasteiger partial charge in [-0.3, -0.25) is 0 Å². The number of nitrogen functional groups attached to an aromatic ring is 2. The summed E-state index contributed by atoms with van der Waals surface area (Å²) in [5.41, 5.74) is 15.5. The maximum atomic E-state index is 5.99. The summed E-state index contributed by atoms with van der Waals surface area (Å²) in [5.74, 6) is 2.57. The summed E-state index contributed by atoms with van der Waals surface area (Å²) in [4.78, 5) is 0. The number of rotatable bonds is 7. The molecule has 0 unspecified atom stereocenters. The van der Waals surface area contributed by atoms with E-state index in [0.29, 0.717) is 18.0 Å². The topological polar surface area (TPSA) is 61.3 Å². The monoisotopic (exact) mass is 352 g/mol. The fourth-order valence-corrected chi connectivity index (χ4v) is 4.02. The highest BCUT2D eigenvalue weighted by Gasteiger charge is 2.21. The lowest BCUT2D eigenvalue weighted by atomic mass is 9.77. The summed E-state index contributed by atoms with van der Waals surface area (Å²) in [7, 11) is 0. The van der Waals surface area contributed by atoms with Crippen LogP contribution in [-0.2, 0) is 6.61 Å². The van der Waals surface area contributed by atoms with Gasteiger partial charge in [0.25, 0.3) is 0 Å². The highest BCUT2D eigenvalue weighted by molar-refractivity contribution is 5.56. The van der Waals surface area contributed by atoms with Crippen LogP contribution in [0.5, 0.6) is 5.75 Å². The third-order valence-electron chi connectivity index (χ3n) is 5.73. The molecule has 0 radical (unpaired) electrons. The SMILES string of the molecule is CCCCC1CCC(c2ccc(OCc3ccc(N)cc3N)cc2)CC1. The molecule has 1 aliphatic rings. The van der Waals surface area contributed by atoms with Gasteiger partial charge in [0.15, 0.2) is 0 Å². The van der Waals surface area contributed by atoms with E-state index in [4.69, 9.17) is 16.2 Å². The van der Waals surface area contributed by atoms with Gasteiger partial charge in [-0.1, -0.05) is 44.4 Å². The highest BCUT2D eigenvalue weighted by atomic mass is 16.5. The first-order valence-corrected chi connectivity index (χ1v) is 10.0. The van der Waals surface area contributed by atoms with Gasteiger partial charge >= 0.3 is 0 Å². The lowest BCUT2D eigenvalue weighted by molar-refractivity contribution is 0.301. The summed E-state index contributed by atoms with van der Waals surface area (Å²) in [6, 6.07) is 14.2. The average Bonchev–Trinajstić information content (AvgIpc) is 2.66. The van der Waals surface area contributed by atoms with Crippen LogP contribution >= 0.6 is 0 Å². The summed E-state index contributed by atoms with van der Waals surface area (Å²) in [6.07, 6.45) is 9.57. The van der Waals surface area contributed by atoms with Crippen LogP contribution < -0.4 is 16.2 Å². The van der Waals surface area contributed by atoms with E-state index in [2.05, 4.69) is 31.2 Å². The van der Waals surface area contributed by atoms with Crippen LogP contribution in [0.4, 0.5) is 11.4 Å². The largest absolute Gasteiger partial charge is 0.489 e. The lowest BCUT2D eigenvalue weighted by Crippen LogP contribution is -2.13. The Morgan fingerprint density at radius 2 is 1.69 bits per heavy atom. The number of benzene rings is 2. The number of hydrogen-bond donors (Lipinski definition) is 2. The molecular weight excluding hydrogens is 320 g/mol. The molecule has 1 saturated carbocycles. The zero-order valence-electron chi connectivity index (χ0n) is 15.9.